The van der Waals surface area contributed by atoms with Gasteiger partial charge in [0.2, 0.25) is 0 Å². The molecule has 1 heterocycles. The number of aromatic nitrogens is 2. The molecule has 0 atom stereocenters. The highest BCUT2D eigenvalue weighted by Gasteiger charge is 1.95. The van der Waals surface area contributed by atoms with Crippen molar-refractivity contribution in [1.29, 1.82) is 5.26 Å². The lowest BCUT2D eigenvalue weighted by Gasteiger charge is -2.02. The summed E-state index contributed by atoms with van der Waals surface area (Å²) < 4.78 is 11.7. The number of hydrogen-bond donors (Lipinski definition) is 1. The summed E-state index contributed by atoms with van der Waals surface area (Å²) >= 11 is 0. The number of hydrogen-bond acceptors (Lipinski definition) is 4. The summed E-state index contributed by atoms with van der Waals surface area (Å²) in [5.41, 5.74) is 0.303. The monoisotopic (exact) mass is 180 g/mol. The van der Waals surface area contributed by atoms with Crippen molar-refractivity contribution in [1.82, 2.24) is 9.97 Å². The largest absolute Gasteiger partial charge is 0.370 e. The summed E-state index contributed by atoms with van der Waals surface area (Å²) in [5, 5.41) is 11.4. The van der Waals surface area contributed by atoms with Gasteiger partial charge >= 0.3 is 0 Å². The Morgan fingerprint density at radius 3 is 3.08 bits per heavy atom. The molecule has 5 heteroatoms. The van der Waals surface area contributed by atoms with Crippen LogP contribution >= 0.6 is 0 Å². The average Bonchev–Trinajstić information content (AvgIpc) is 2.19. The van der Waals surface area contributed by atoms with Gasteiger partial charge in [0.1, 0.15) is 23.9 Å². The van der Waals surface area contributed by atoms with Gasteiger partial charge in [0.25, 0.3) is 0 Å². The summed E-state index contributed by atoms with van der Waals surface area (Å²) in [5.74, 6) is 0.556. The molecule has 0 radical (unpaired) electrons. The zero-order valence-electron chi connectivity index (χ0n) is 7.00. The molecule has 0 spiro atoms. The maximum Gasteiger partial charge on any atom is 0.145 e. The van der Waals surface area contributed by atoms with E-state index in [0.717, 1.165) is 0 Å². The minimum Gasteiger partial charge on any atom is -0.370 e. The molecule has 0 unspecified atom stereocenters. The molecule has 0 aromatic carbocycles. The molecule has 4 nitrogen and oxygen atoms in total. The van der Waals surface area contributed by atoms with E-state index < -0.39 is 0 Å². The maximum atomic E-state index is 11.7. The van der Waals surface area contributed by atoms with Gasteiger partial charge in [-0.1, -0.05) is 0 Å². The molecule has 0 aliphatic rings. The first kappa shape index (κ1) is 9.39. The fourth-order valence-corrected chi connectivity index (χ4v) is 0.798. The normalized spacial score (nSPS) is 9.23. The van der Waals surface area contributed by atoms with E-state index in [4.69, 9.17) is 5.26 Å². The van der Waals surface area contributed by atoms with Crippen LogP contribution in [0.25, 0.3) is 0 Å². The van der Waals surface area contributed by atoms with Crippen LogP contribution in [0.2, 0.25) is 0 Å². The van der Waals surface area contributed by atoms with Crippen LogP contribution in [-0.2, 0) is 0 Å². The molecule has 13 heavy (non-hydrogen) atoms. The highest BCUT2D eigenvalue weighted by Crippen LogP contribution is 2.02. The van der Waals surface area contributed by atoms with Crippen LogP contribution in [0.15, 0.2) is 12.4 Å². The molecule has 0 saturated carbocycles. The predicted molar refractivity (Wildman–Crippen MR) is 45.8 cm³/mol. The zero-order valence-corrected chi connectivity index (χ0v) is 7.00. The number of nitriles is 1. The van der Waals surface area contributed by atoms with Crippen molar-refractivity contribution in [3.8, 4) is 6.07 Å². The Labute approximate surface area is 75.4 Å². The van der Waals surface area contributed by atoms with Crippen molar-refractivity contribution in [3.63, 3.8) is 0 Å². The van der Waals surface area contributed by atoms with Gasteiger partial charge in [-0.3, -0.25) is 4.39 Å². The minimum atomic E-state index is -0.358. The van der Waals surface area contributed by atoms with Crippen molar-refractivity contribution in [2.75, 3.05) is 18.5 Å². The summed E-state index contributed by atoms with van der Waals surface area (Å²) in [6.45, 7) is 0.154. The highest BCUT2D eigenvalue weighted by molar-refractivity contribution is 5.38. The van der Waals surface area contributed by atoms with Gasteiger partial charge in [-0.05, 0) is 6.42 Å². The first-order valence-corrected chi connectivity index (χ1v) is 3.89. The summed E-state index contributed by atoms with van der Waals surface area (Å²) in [6, 6.07) is 3.42. The van der Waals surface area contributed by atoms with Gasteiger partial charge < -0.3 is 5.32 Å². The fourth-order valence-electron chi connectivity index (χ4n) is 0.798. The van der Waals surface area contributed by atoms with E-state index in [9.17, 15) is 4.39 Å². The standard InChI is InChI=1S/C8H9FN4/c9-2-1-3-11-8-4-7(5-10)12-6-13-8/h4,6H,1-3H2,(H,11,12,13). The second-order valence-electron chi connectivity index (χ2n) is 2.37. The lowest BCUT2D eigenvalue weighted by Crippen LogP contribution is -2.04. The van der Waals surface area contributed by atoms with Crippen LogP contribution in [0.3, 0.4) is 0 Å². The molecule has 1 N–H and O–H groups in total. The Bertz CT molecular complexity index is 307. The Kier molecular flexibility index (Phi) is 3.64. The molecule has 68 valence electrons. The van der Waals surface area contributed by atoms with Crippen molar-refractivity contribution in [2.45, 2.75) is 6.42 Å². The molecule has 1 aromatic heterocycles. The van der Waals surface area contributed by atoms with Crippen molar-refractivity contribution in [2.24, 2.45) is 0 Å². The number of nitrogens with one attached hydrogen (secondary N) is 1. The molecule has 0 saturated heterocycles. The SMILES string of the molecule is N#Cc1cc(NCCCF)ncn1. The van der Waals surface area contributed by atoms with E-state index in [-0.39, 0.29) is 6.67 Å². The second-order valence-corrected chi connectivity index (χ2v) is 2.37. The Balaban J connectivity index is 2.52. The quantitative estimate of drug-likeness (QED) is 0.705. The fraction of sp³-hybridized carbons (Fsp3) is 0.375. The third kappa shape index (κ3) is 3.03. The molecule has 0 bridgehead atoms. The zero-order chi connectivity index (χ0) is 9.52. The topological polar surface area (TPSA) is 61.6 Å². The van der Waals surface area contributed by atoms with Crippen LogP contribution in [0, 0.1) is 11.3 Å². The van der Waals surface area contributed by atoms with Gasteiger partial charge in [0, 0.05) is 12.6 Å². The molecular weight excluding hydrogens is 171 g/mol. The summed E-state index contributed by atoms with van der Waals surface area (Å²) in [7, 11) is 0. The molecule has 1 aromatic rings. The molecule has 0 aliphatic heterocycles. The highest BCUT2D eigenvalue weighted by atomic mass is 19.1. The van der Waals surface area contributed by atoms with E-state index >= 15 is 0 Å². The number of rotatable bonds is 4. The molecule has 1 rings (SSSR count). The lowest BCUT2D eigenvalue weighted by atomic mass is 10.4. The molecule has 0 fully saturated rings. The first-order chi connectivity index (χ1) is 6.36. The number of alkyl halides is 1. The van der Waals surface area contributed by atoms with Crippen molar-refractivity contribution >= 4 is 5.82 Å². The summed E-state index contributed by atoms with van der Waals surface area (Å²) in [4.78, 5) is 7.56. The smallest absolute Gasteiger partial charge is 0.145 e. The number of halogens is 1. The van der Waals surface area contributed by atoms with Crippen LogP contribution in [0.5, 0.6) is 0 Å². The van der Waals surface area contributed by atoms with Crippen LogP contribution in [0.1, 0.15) is 12.1 Å². The first-order valence-electron chi connectivity index (χ1n) is 3.89. The Morgan fingerprint density at radius 1 is 1.54 bits per heavy atom. The van der Waals surface area contributed by atoms with Crippen molar-refractivity contribution < 1.29 is 4.39 Å². The second kappa shape index (κ2) is 5.04. The van der Waals surface area contributed by atoms with Crippen LogP contribution < -0.4 is 5.32 Å². The van der Waals surface area contributed by atoms with E-state index in [1.807, 2.05) is 6.07 Å². The summed E-state index contributed by atoms with van der Waals surface area (Å²) in [6.07, 6.45) is 1.74. The Hall–Kier alpha value is -1.70. The number of nitrogens with zero attached hydrogens (tertiary/aromatic N) is 3. The van der Waals surface area contributed by atoms with Gasteiger partial charge in [0.05, 0.1) is 6.67 Å². The average molecular weight is 180 g/mol. The van der Waals surface area contributed by atoms with Gasteiger partial charge in [0.15, 0.2) is 0 Å². The van der Waals surface area contributed by atoms with Gasteiger partial charge in [-0.25, -0.2) is 9.97 Å². The van der Waals surface area contributed by atoms with Gasteiger partial charge in [-0.15, -0.1) is 0 Å². The van der Waals surface area contributed by atoms with Crippen molar-refractivity contribution in [3.05, 3.63) is 18.1 Å². The lowest BCUT2D eigenvalue weighted by molar-refractivity contribution is 0.481. The van der Waals surface area contributed by atoms with E-state index in [1.54, 1.807) is 0 Å². The van der Waals surface area contributed by atoms with E-state index in [2.05, 4.69) is 15.3 Å². The van der Waals surface area contributed by atoms with E-state index in [0.29, 0.717) is 24.5 Å². The van der Waals surface area contributed by atoms with E-state index in [1.165, 1.54) is 12.4 Å². The van der Waals surface area contributed by atoms with Crippen LogP contribution in [-0.4, -0.2) is 23.2 Å². The predicted octanol–water partition coefficient (Wildman–Crippen LogP) is 1.12. The molecule has 0 amide bonds. The Morgan fingerprint density at radius 2 is 2.38 bits per heavy atom. The maximum absolute atomic E-state index is 11.7. The van der Waals surface area contributed by atoms with Crippen LogP contribution in [0.4, 0.5) is 10.2 Å². The molecular formula is C8H9FN4. The third-order valence-electron chi connectivity index (χ3n) is 1.40. The minimum absolute atomic E-state index is 0.303. The third-order valence-corrected chi connectivity index (χ3v) is 1.40. The molecule has 0 aliphatic carbocycles. The van der Waals surface area contributed by atoms with Gasteiger partial charge in [-0.2, -0.15) is 5.26 Å². The number of anilines is 1.